The number of rotatable bonds is 4. The average Bonchev–Trinajstić information content (AvgIpc) is 2.85. The van der Waals surface area contributed by atoms with E-state index in [0.717, 1.165) is 4.88 Å². The predicted octanol–water partition coefficient (Wildman–Crippen LogP) is 3.82. The molecule has 1 rings (SSSR count). The fourth-order valence-electron chi connectivity index (χ4n) is 2.00. The number of ether oxygens (including phenoxy) is 1. The van der Waals surface area contributed by atoms with Crippen molar-refractivity contribution in [3.05, 3.63) is 22.4 Å². The van der Waals surface area contributed by atoms with E-state index >= 15 is 0 Å². The van der Waals surface area contributed by atoms with Crippen LogP contribution in [-0.2, 0) is 9.53 Å². The molecule has 1 unspecified atom stereocenters. The first-order valence-corrected chi connectivity index (χ1v) is 8.55. The molecule has 5 nitrogen and oxygen atoms in total. The van der Waals surface area contributed by atoms with Crippen molar-refractivity contribution >= 4 is 23.3 Å². The molecule has 1 aromatic heterocycles. The number of thiophene rings is 1. The van der Waals surface area contributed by atoms with Gasteiger partial charge >= 0.3 is 6.09 Å². The predicted molar refractivity (Wildman–Crippen MR) is 93.5 cm³/mol. The van der Waals surface area contributed by atoms with E-state index in [-0.39, 0.29) is 23.9 Å². The Morgan fingerprint density at radius 1 is 1.26 bits per heavy atom. The van der Waals surface area contributed by atoms with E-state index in [1.807, 2.05) is 17.5 Å². The Balaban J connectivity index is 2.68. The van der Waals surface area contributed by atoms with Gasteiger partial charge in [-0.15, -0.1) is 11.3 Å². The molecule has 0 saturated heterocycles. The molecule has 6 heteroatoms. The van der Waals surface area contributed by atoms with Crippen LogP contribution in [0.3, 0.4) is 0 Å². The third-order valence-corrected chi connectivity index (χ3v) is 4.02. The van der Waals surface area contributed by atoms with Gasteiger partial charge in [-0.2, -0.15) is 0 Å². The summed E-state index contributed by atoms with van der Waals surface area (Å²) in [4.78, 5) is 26.6. The topological polar surface area (TPSA) is 58.6 Å². The Labute approximate surface area is 143 Å². The summed E-state index contributed by atoms with van der Waals surface area (Å²) in [6.07, 6.45) is -0.504. The van der Waals surface area contributed by atoms with E-state index in [9.17, 15) is 9.59 Å². The number of amides is 2. The smallest absolute Gasteiger partial charge is 0.410 e. The highest BCUT2D eigenvalue weighted by Gasteiger charge is 2.29. The van der Waals surface area contributed by atoms with Gasteiger partial charge in [-0.3, -0.25) is 4.79 Å². The van der Waals surface area contributed by atoms with Crippen LogP contribution < -0.4 is 5.32 Å². The van der Waals surface area contributed by atoms with Crippen molar-refractivity contribution in [1.82, 2.24) is 10.2 Å². The van der Waals surface area contributed by atoms with Crippen LogP contribution in [0.4, 0.5) is 4.79 Å². The van der Waals surface area contributed by atoms with Crippen LogP contribution in [0.5, 0.6) is 0 Å². The molecule has 1 aromatic rings. The molecule has 0 saturated carbocycles. The molecule has 2 amide bonds. The fraction of sp³-hybridized carbons (Fsp3) is 0.647. The molecule has 1 N–H and O–H groups in total. The minimum atomic E-state index is -0.577. The monoisotopic (exact) mass is 340 g/mol. The summed E-state index contributed by atoms with van der Waals surface area (Å²) in [6.45, 7) is 11.6. The van der Waals surface area contributed by atoms with Crippen molar-refractivity contribution in [2.75, 3.05) is 13.6 Å². The number of hydrogen-bond donors (Lipinski definition) is 1. The molecule has 0 bridgehead atoms. The maximum atomic E-state index is 12.3. The Kier molecular flexibility index (Phi) is 6.22. The summed E-state index contributed by atoms with van der Waals surface area (Å²) < 4.78 is 5.25. The van der Waals surface area contributed by atoms with Gasteiger partial charge in [-0.1, -0.05) is 26.8 Å². The Hall–Kier alpha value is -1.56. The first-order chi connectivity index (χ1) is 10.4. The highest BCUT2D eigenvalue weighted by atomic mass is 32.1. The van der Waals surface area contributed by atoms with Crippen LogP contribution in [0.25, 0.3) is 0 Å². The molecule has 0 radical (unpaired) electrons. The van der Waals surface area contributed by atoms with Crippen LogP contribution >= 0.6 is 11.3 Å². The van der Waals surface area contributed by atoms with E-state index in [1.54, 1.807) is 39.2 Å². The zero-order valence-corrected chi connectivity index (χ0v) is 15.9. The number of carbonyl (C=O) groups excluding carboxylic acids is 2. The minimum Gasteiger partial charge on any atom is -0.444 e. The van der Waals surface area contributed by atoms with Crippen molar-refractivity contribution in [2.45, 2.75) is 53.2 Å². The van der Waals surface area contributed by atoms with Crippen molar-refractivity contribution in [3.8, 4) is 0 Å². The van der Waals surface area contributed by atoms with E-state index in [0.29, 0.717) is 0 Å². The minimum absolute atomic E-state index is 0.0349. The van der Waals surface area contributed by atoms with E-state index < -0.39 is 11.7 Å². The van der Waals surface area contributed by atoms with Crippen molar-refractivity contribution in [1.29, 1.82) is 0 Å². The normalized spacial score (nSPS) is 13.3. The van der Waals surface area contributed by atoms with E-state index in [4.69, 9.17) is 4.74 Å². The second-order valence-electron chi connectivity index (χ2n) is 7.72. The second kappa shape index (κ2) is 7.34. The van der Waals surface area contributed by atoms with Gasteiger partial charge < -0.3 is 15.0 Å². The van der Waals surface area contributed by atoms with Crippen molar-refractivity contribution < 1.29 is 14.3 Å². The molecular weight excluding hydrogens is 312 g/mol. The number of nitrogens with one attached hydrogen (secondary N) is 1. The first kappa shape index (κ1) is 19.5. The van der Waals surface area contributed by atoms with Gasteiger partial charge in [-0.05, 0) is 37.6 Å². The molecule has 130 valence electrons. The zero-order chi connectivity index (χ0) is 17.8. The van der Waals surface area contributed by atoms with Crippen LogP contribution in [0.2, 0.25) is 0 Å². The van der Waals surface area contributed by atoms with E-state index in [2.05, 4.69) is 26.1 Å². The lowest BCUT2D eigenvalue weighted by Crippen LogP contribution is -2.44. The van der Waals surface area contributed by atoms with Gasteiger partial charge in [0.15, 0.2) is 0 Å². The summed E-state index contributed by atoms with van der Waals surface area (Å²) >= 11 is 1.61. The lowest BCUT2D eigenvalue weighted by molar-refractivity contribution is -0.123. The molecule has 1 heterocycles. The summed E-state index contributed by atoms with van der Waals surface area (Å²) in [7, 11) is 1.56. The van der Waals surface area contributed by atoms with Crippen LogP contribution in [0, 0.1) is 5.41 Å². The number of carbonyl (C=O) groups is 2. The van der Waals surface area contributed by atoms with Gasteiger partial charge in [-0.25, -0.2) is 4.79 Å². The third-order valence-electron chi connectivity index (χ3n) is 3.08. The Morgan fingerprint density at radius 3 is 2.30 bits per heavy atom. The van der Waals surface area contributed by atoms with Crippen LogP contribution in [0.1, 0.15) is 52.5 Å². The SMILES string of the molecule is CN(CC(=O)NC(c1cccs1)C(C)(C)C)C(=O)OC(C)(C)C. The number of nitrogens with zero attached hydrogens (tertiary/aromatic N) is 1. The van der Waals surface area contributed by atoms with Crippen molar-refractivity contribution in [3.63, 3.8) is 0 Å². The Bertz CT molecular complexity index is 527. The Morgan fingerprint density at radius 2 is 1.87 bits per heavy atom. The molecular formula is C17H28N2O3S. The lowest BCUT2D eigenvalue weighted by Gasteiger charge is -2.31. The van der Waals surface area contributed by atoms with Crippen LogP contribution in [0.15, 0.2) is 17.5 Å². The van der Waals surface area contributed by atoms with Gasteiger partial charge in [0.05, 0.1) is 6.04 Å². The summed E-state index contributed by atoms with van der Waals surface area (Å²) in [5, 5.41) is 5.02. The lowest BCUT2D eigenvalue weighted by atomic mass is 9.85. The van der Waals surface area contributed by atoms with Gasteiger partial charge in [0.1, 0.15) is 12.1 Å². The van der Waals surface area contributed by atoms with Gasteiger partial charge in [0.25, 0.3) is 0 Å². The standard InChI is InChI=1S/C17H28N2O3S/c1-16(2,3)14(12-9-8-10-23-12)18-13(20)11-19(7)15(21)22-17(4,5)6/h8-10,14H,11H2,1-7H3,(H,18,20). The molecule has 1 atom stereocenters. The summed E-state index contributed by atoms with van der Waals surface area (Å²) in [5.41, 5.74) is -0.697. The first-order valence-electron chi connectivity index (χ1n) is 7.67. The largest absolute Gasteiger partial charge is 0.444 e. The number of hydrogen-bond acceptors (Lipinski definition) is 4. The van der Waals surface area contributed by atoms with E-state index in [1.165, 1.54) is 4.90 Å². The van der Waals surface area contributed by atoms with Gasteiger partial charge in [0.2, 0.25) is 5.91 Å². The second-order valence-corrected chi connectivity index (χ2v) is 8.70. The van der Waals surface area contributed by atoms with Crippen LogP contribution in [-0.4, -0.2) is 36.1 Å². The summed E-state index contributed by atoms with van der Waals surface area (Å²) in [5.74, 6) is -0.202. The molecule has 0 aromatic carbocycles. The summed E-state index contributed by atoms with van der Waals surface area (Å²) in [6, 6.07) is 3.89. The molecule has 0 aliphatic carbocycles. The maximum Gasteiger partial charge on any atom is 0.410 e. The highest BCUT2D eigenvalue weighted by Crippen LogP contribution is 2.35. The number of likely N-dealkylation sites (N-methyl/N-ethyl adjacent to an activating group) is 1. The molecule has 23 heavy (non-hydrogen) atoms. The maximum absolute atomic E-state index is 12.3. The van der Waals surface area contributed by atoms with Gasteiger partial charge in [0, 0.05) is 11.9 Å². The average molecular weight is 340 g/mol. The third kappa shape index (κ3) is 6.60. The highest BCUT2D eigenvalue weighted by molar-refractivity contribution is 7.10. The molecule has 0 spiro atoms. The molecule has 0 aliphatic heterocycles. The molecule has 0 fully saturated rings. The quantitative estimate of drug-likeness (QED) is 0.906. The fourth-order valence-corrected chi connectivity index (χ4v) is 3.02. The van der Waals surface area contributed by atoms with Crippen molar-refractivity contribution in [2.24, 2.45) is 5.41 Å². The zero-order valence-electron chi connectivity index (χ0n) is 15.1. The molecule has 0 aliphatic rings.